The Hall–Kier alpha value is -1.92. The van der Waals surface area contributed by atoms with Gasteiger partial charge in [-0.2, -0.15) is 0 Å². The van der Waals surface area contributed by atoms with Crippen LogP contribution in [0.2, 0.25) is 5.02 Å². The highest BCUT2D eigenvalue weighted by molar-refractivity contribution is 6.31. The molecular formula is C16H19ClN4O2. The van der Waals surface area contributed by atoms with E-state index < -0.39 is 0 Å². The summed E-state index contributed by atoms with van der Waals surface area (Å²) >= 11 is 5.98. The van der Waals surface area contributed by atoms with Crippen LogP contribution in [0.1, 0.15) is 31.5 Å². The molecule has 122 valence electrons. The van der Waals surface area contributed by atoms with Crippen LogP contribution >= 0.6 is 11.6 Å². The van der Waals surface area contributed by atoms with Crippen LogP contribution in [0.5, 0.6) is 0 Å². The smallest absolute Gasteiger partial charge is 0.258 e. The molecule has 7 heteroatoms. The molecule has 0 unspecified atom stereocenters. The van der Waals surface area contributed by atoms with Crippen molar-refractivity contribution in [3.05, 3.63) is 39.4 Å². The van der Waals surface area contributed by atoms with Gasteiger partial charge in [0.2, 0.25) is 5.91 Å². The summed E-state index contributed by atoms with van der Waals surface area (Å²) in [6.45, 7) is 0.563. The fraction of sp³-hybridized carbons (Fsp3) is 0.438. The largest absolute Gasteiger partial charge is 0.369 e. The standard InChI is InChI=1S/C16H19ClN4O2/c17-10-5-6-12-13(7-10)19-15(20-16(12)23)9-21(8-14(18)22)11-3-1-2-4-11/h5-7,11H,1-4,8-9H2,(H2,18,22)(H,19,20,23). The van der Waals surface area contributed by atoms with Crippen molar-refractivity contribution in [2.45, 2.75) is 38.3 Å². The van der Waals surface area contributed by atoms with Crippen molar-refractivity contribution in [3.63, 3.8) is 0 Å². The van der Waals surface area contributed by atoms with Crippen molar-refractivity contribution in [3.8, 4) is 0 Å². The Morgan fingerprint density at radius 2 is 2.13 bits per heavy atom. The number of fused-ring (bicyclic) bond motifs is 1. The van der Waals surface area contributed by atoms with E-state index in [-0.39, 0.29) is 18.0 Å². The van der Waals surface area contributed by atoms with Crippen LogP contribution in [-0.4, -0.2) is 33.4 Å². The molecule has 1 fully saturated rings. The van der Waals surface area contributed by atoms with Gasteiger partial charge >= 0.3 is 0 Å². The molecule has 0 spiro atoms. The van der Waals surface area contributed by atoms with E-state index >= 15 is 0 Å². The maximum atomic E-state index is 12.2. The summed E-state index contributed by atoms with van der Waals surface area (Å²) in [6.07, 6.45) is 4.38. The summed E-state index contributed by atoms with van der Waals surface area (Å²) in [6, 6.07) is 5.30. The van der Waals surface area contributed by atoms with Crippen molar-refractivity contribution in [2.24, 2.45) is 5.73 Å². The third kappa shape index (κ3) is 3.71. The number of nitrogens with one attached hydrogen (secondary N) is 1. The molecular weight excluding hydrogens is 316 g/mol. The van der Waals surface area contributed by atoms with Gasteiger partial charge in [0.05, 0.1) is 24.0 Å². The minimum absolute atomic E-state index is 0.169. The fourth-order valence-electron chi connectivity index (χ4n) is 3.21. The molecule has 2 aromatic rings. The highest BCUT2D eigenvalue weighted by Crippen LogP contribution is 2.24. The lowest BCUT2D eigenvalue weighted by molar-refractivity contribution is -0.119. The van der Waals surface area contributed by atoms with E-state index in [1.54, 1.807) is 18.2 Å². The SMILES string of the molecule is NC(=O)CN(Cc1nc2cc(Cl)ccc2c(=O)[nH]1)C1CCCC1. The first kappa shape index (κ1) is 16.0. The Labute approximate surface area is 138 Å². The average molecular weight is 335 g/mol. The summed E-state index contributed by atoms with van der Waals surface area (Å²) < 4.78 is 0. The second kappa shape index (κ2) is 6.68. The number of halogens is 1. The van der Waals surface area contributed by atoms with Crippen molar-refractivity contribution in [1.29, 1.82) is 0 Å². The van der Waals surface area contributed by atoms with E-state index in [0.717, 1.165) is 25.7 Å². The number of H-pyrrole nitrogens is 1. The van der Waals surface area contributed by atoms with Crippen molar-refractivity contribution in [1.82, 2.24) is 14.9 Å². The van der Waals surface area contributed by atoms with Crippen LogP contribution in [0.25, 0.3) is 10.9 Å². The van der Waals surface area contributed by atoms with Gasteiger partial charge in [-0.1, -0.05) is 24.4 Å². The number of hydrogen-bond acceptors (Lipinski definition) is 4. The number of nitrogens with two attached hydrogens (primary N) is 1. The highest BCUT2D eigenvalue weighted by Gasteiger charge is 2.24. The third-order valence-corrected chi connectivity index (χ3v) is 4.51. The number of carbonyl (C=O) groups excluding carboxylic acids is 1. The molecule has 1 heterocycles. The summed E-state index contributed by atoms with van der Waals surface area (Å²) in [5.41, 5.74) is 5.72. The first-order valence-corrected chi connectivity index (χ1v) is 8.11. The average Bonchev–Trinajstić information content (AvgIpc) is 2.99. The fourth-order valence-corrected chi connectivity index (χ4v) is 3.38. The molecule has 0 atom stereocenters. The number of rotatable bonds is 5. The number of nitrogens with zero attached hydrogens (tertiary/aromatic N) is 2. The molecule has 0 bridgehead atoms. The first-order valence-electron chi connectivity index (χ1n) is 7.74. The Kier molecular flexibility index (Phi) is 4.63. The van der Waals surface area contributed by atoms with Gasteiger partial charge in [0.15, 0.2) is 0 Å². The lowest BCUT2D eigenvalue weighted by Crippen LogP contribution is -2.40. The zero-order chi connectivity index (χ0) is 16.4. The van der Waals surface area contributed by atoms with Crippen LogP contribution in [0, 0.1) is 0 Å². The minimum atomic E-state index is -0.372. The van der Waals surface area contributed by atoms with E-state index in [2.05, 4.69) is 9.97 Å². The van der Waals surface area contributed by atoms with Crippen LogP contribution in [0.15, 0.2) is 23.0 Å². The van der Waals surface area contributed by atoms with Crippen LogP contribution < -0.4 is 11.3 Å². The molecule has 0 aliphatic heterocycles. The van der Waals surface area contributed by atoms with Crippen molar-refractivity contribution < 1.29 is 4.79 Å². The van der Waals surface area contributed by atoms with E-state index in [1.807, 2.05) is 4.90 Å². The third-order valence-electron chi connectivity index (χ3n) is 4.27. The number of aromatic nitrogens is 2. The van der Waals surface area contributed by atoms with E-state index in [4.69, 9.17) is 17.3 Å². The second-order valence-corrected chi connectivity index (χ2v) is 6.42. The molecule has 0 saturated heterocycles. The molecule has 1 aromatic heterocycles. The lowest BCUT2D eigenvalue weighted by atomic mass is 10.2. The first-order chi connectivity index (χ1) is 11.0. The summed E-state index contributed by atoms with van der Waals surface area (Å²) in [5, 5.41) is 1.03. The molecule has 3 rings (SSSR count). The molecule has 3 N–H and O–H groups in total. The van der Waals surface area contributed by atoms with Gasteiger partial charge in [-0.25, -0.2) is 4.98 Å². The second-order valence-electron chi connectivity index (χ2n) is 5.98. The topological polar surface area (TPSA) is 92.1 Å². The normalized spacial score (nSPS) is 15.6. The quantitative estimate of drug-likeness (QED) is 0.872. The van der Waals surface area contributed by atoms with E-state index in [0.29, 0.717) is 34.3 Å². The monoisotopic (exact) mass is 334 g/mol. The predicted octanol–water partition coefficient (Wildman–Crippen LogP) is 1.81. The van der Waals surface area contributed by atoms with Gasteiger partial charge in [-0.05, 0) is 31.0 Å². The molecule has 0 radical (unpaired) electrons. The maximum absolute atomic E-state index is 12.2. The summed E-state index contributed by atoms with van der Waals surface area (Å²) in [5.74, 6) is 0.154. The van der Waals surface area contributed by atoms with E-state index in [1.165, 1.54) is 0 Å². The number of aromatic amines is 1. The molecule has 23 heavy (non-hydrogen) atoms. The van der Waals surface area contributed by atoms with Gasteiger partial charge < -0.3 is 10.7 Å². The molecule has 1 aliphatic carbocycles. The molecule has 1 amide bonds. The zero-order valence-electron chi connectivity index (χ0n) is 12.7. The van der Waals surface area contributed by atoms with Crippen LogP contribution in [0.4, 0.5) is 0 Å². The number of amides is 1. The van der Waals surface area contributed by atoms with Gasteiger partial charge in [-0.3, -0.25) is 14.5 Å². The zero-order valence-corrected chi connectivity index (χ0v) is 13.5. The molecule has 1 saturated carbocycles. The Morgan fingerprint density at radius 3 is 2.83 bits per heavy atom. The predicted molar refractivity (Wildman–Crippen MR) is 89.2 cm³/mol. The number of hydrogen-bond donors (Lipinski definition) is 2. The van der Waals surface area contributed by atoms with E-state index in [9.17, 15) is 9.59 Å². The molecule has 1 aromatic carbocycles. The number of carbonyl (C=O) groups is 1. The Bertz CT molecular complexity index is 783. The van der Waals surface area contributed by atoms with Crippen LogP contribution in [-0.2, 0) is 11.3 Å². The van der Waals surface area contributed by atoms with Gasteiger partial charge in [0, 0.05) is 11.1 Å². The Balaban J connectivity index is 1.91. The van der Waals surface area contributed by atoms with Gasteiger partial charge in [0.25, 0.3) is 5.56 Å². The maximum Gasteiger partial charge on any atom is 0.258 e. The van der Waals surface area contributed by atoms with Gasteiger partial charge in [-0.15, -0.1) is 0 Å². The lowest BCUT2D eigenvalue weighted by Gasteiger charge is -2.26. The number of primary amides is 1. The summed E-state index contributed by atoms with van der Waals surface area (Å²) in [7, 11) is 0. The van der Waals surface area contributed by atoms with Crippen molar-refractivity contribution in [2.75, 3.05) is 6.54 Å². The minimum Gasteiger partial charge on any atom is -0.369 e. The summed E-state index contributed by atoms with van der Waals surface area (Å²) in [4.78, 5) is 32.8. The molecule has 6 nitrogen and oxygen atoms in total. The van der Waals surface area contributed by atoms with Crippen LogP contribution in [0.3, 0.4) is 0 Å². The van der Waals surface area contributed by atoms with Crippen molar-refractivity contribution >= 4 is 28.4 Å². The highest BCUT2D eigenvalue weighted by atomic mass is 35.5. The van der Waals surface area contributed by atoms with Gasteiger partial charge in [0.1, 0.15) is 5.82 Å². The molecule has 1 aliphatic rings. The number of benzene rings is 1. The Morgan fingerprint density at radius 1 is 1.39 bits per heavy atom.